The van der Waals surface area contributed by atoms with Gasteiger partial charge in [-0.05, 0) is 26.1 Å². The summed E-state index contributed by atoms with van der Waals surface area (Å²) in [6.45, 7) is 2.16. The minimum Gasteiger partial charge on any atom is -0.462 e. The lowest BCUT2D eigenvalue weighted by atomic mass is 10.5. The lowest BCUT2D eigenvalue weighted by Crippen LogP contribution is -2.09. The molecule has 1 rings (SSSR count). The molecule has 0 saturated heterocycles. The van der Waals surface area contributed by atoms with E-state index in [1.807, 2.05) is 0 Å². The van der Waals surface area contributed by atoms with Gasteiger partial charge in [-0.25, -0.2) is 8.78 Å². The highest BCUT2D eigenvalue weighted by atomic mass is 32.2. The number of carbonyl (C=O) groups is 1. The van der Waals surface area contributed by atoms with Crippen LogP contribution in [0, 0.1) is 3.95 Å². The molecule has 1 aromatic rings. The molecule has 0 bridgehead atoms. The fraction of sp³-hybridized carbons (Fsp3) is 0.800. The monoisotopic (exact) mass is 412 g/mol. The number of carbonyl (C=O) groups excluding carboxylic acids is 1. The number of alkyl halides is 2. The van der Waals surface area contributed by atoms with Gasteiger partial charge in [0.25, 0.3) is 0 Å². The topological polar surface area (TPSA) is 55.0 Å². The Hall–Kier alpha value is -0.540. The van der Waals surface area contributed by atoms with E-state index in [1.54, 1.807) is 0 Å². The van der Waals surface area contributed by atoms with Crippen molar-refractivity contribution in [2.75, 3.05) is 19.0 Å². The number of nitrogens with one attached hydrogen (secondary N) is 1. The van der Waals surface area contributed by atoms with Crippen LogP contribution < -0.4 is 0 Å². The molecule has 1 heterocycles. The normalized spacial score (nSPS) is 7.38. The molecule has 1 N–H and O–H groups in total. The fourth-order valence-electron chi connectivity index (χ4n) is 0.593. The van der Waals surface area contributed by atoms with E-state index in [1.165, 1.54) is 36.9 Å². The summed E-state index contributed by atoms with van der Waals surface area (Å²) in [7, 11) is 0. The Balaban J connectivity index is -0.0000000527. The molecule has 152 valence electrons. The van der Waals surface area contributed by atoms with Crippen molar-refractivity contribution < 1.29 is 18.3 Å². The number of ether oxygens (including phenoxy) is 1. The average Bonchev–Trinajstić information content (AvgIpc) is 2.69. The van der Waals surface area contributed by atoms with Crippen LogP contribution in [0.15, 0.2) is 4.34 Å². The minimum absolute atomic E-state index is 0. The first-order chi connectivity index (χ1) is 8.45. The van der Waals surface area contributed by atoms with Gasteiger partial charge in [0.05, 0.1) is 11.9 Å². The molecule has 9 heteroatoms. The van der Waals surface area contributed by atoms with Crippen LogP contribution in [0.25, 0.3) is 0 Å². The first kappa shape index (κ1) is 43.7. The van der Waals surface area contributed by atoms with Gasteiger partial charge in [-0.15, -0.1) is 0 Å². The van der Waals surface area contributed by atoms with Crippen LogP contribution in [0.4, 0.5) is 8.78 Å². The highest BCUT2D eigenvalue weighted by Crippen LogP contribution is 2.19. The number of aromatic amines is 1. The zero-order chi connectivity index (χ0) is 14.0. The summed E-state index contributed by atoms with van der Waals surface area (Å²) in [6.07, 6.45) is -0.667. The van der Waals surface area contributed by atoms with Gasteiger partial charge in [0.2, 0.25) is 0 Å². The van der Waals surface area contributed by atoms with Crippen molar-refractivity contribution in [3.8, 4) is 0 Å². The Labute approximate surface area is 161 Å². The first-order valence-electron chi connectivity index (χ1n) is 4.99. The van der Waals surface area contributed by atoms with E-state index < -0.39 is 18.8 Å². The number of esters is 1. The zero-order valence-electron chi connectivity index (χ0n) is 9.94. The number of hydrogen-bond donors (Lipinski definition) is 1. The highest BCUT2D eigenvalue weighted by Gasteiger charge is 2.05. The molecule has 0 aliphatic carbocycles. The Morgan fingerprint density at radius 2 is 1.75 bits per heavy atom. The summed E-state index contributed by atoms with van der Waals surface area (Å²) in [5.74, 6) is -0.329. The Morgan fingerprint density at radius 1 is 1.29 bits per heavy atom. The van der Waals surface area contributed by atoms with Crippen LogP contribution >= 0.6 is 35.3 Å². The van der Waals surface area contributed by atoms with Crippen LogP contribution in [0.2, 0.25) is 0 Å². The van der Waals surface area contributed by atoms with Crippen molar-refractivity contribution in [2.24, 2.45) is 0 Å². The van der Waals surface area contributed by atoms with Crippen LogP contribution in [0.1, 0.15) is 58.4 Å². The number of H-pyrrole nitrogens is 1. The number of rotatable bonds is 5. The summed E-state index contributed by atoms with van der Waals surface area (Å²) < 4.78 is 28.4. The molecule has 1 aromatic heterocycles. The van der Waals surface area contributed by atoms with E-state index in [0.717, 1.165) is 0 Å². The molecule has 0 aliphatic heterocycles. The zero-order valence-corrected chi connectivity index (χ0v) is 12.4. The third kappa shape index (κ3) is 29.5. The molecular weight excluding hydrogens is 374 g/mol. The van der Waals surface area contributed by atoms with Gasteiger partial charge in [0.15, 0.2) is 8.29 Å². The van der Waals surface area contributed by atoms with Gasteiger partial charge in [-0.1, -0.05) is 67.7 Å². The molecule has 0 radical (unpaired) electrons. The van der Waals surface area contributed by atoms with E-state index in [9.17, 15) is 13.6 Å². The summed E-state index contributed by atoms with van der Waals surface area (Å²) >= 11 is 7.30. The molecule has 0 spiro atoms. The molecule has 0 fully saturated rings. The van der Waals surface area contributed by atoms with Crippen molar-refractivity contribution >= 4 is 41.3 Å². The second-order valence-electron chi connectivity index (χ2n) is 3.09. The van der Waals surface area contributed by atoms with Crippen LogP contribution in [-0.4, -0.2) is 41.4 Å². The van der Waals surface area contributed by atoms with Gasteiger partial charge >= 0.3 is 5.97 Å². The van der Waals surface area contributed by atoms with Gasteiger partial charge < -0.3 is 4.74 Å². The third-order valence-corrected chi connectivity index (χ3v) is 3.28. The maximum Gasteiger partial charge on any atom is 0.316 e. The molecule has 24 heavy (non-hydrogen) atoms. The van der Waals surface area contributed by atoms with Gasteiger partial charge in [0, 0.05) is 0 Å². The number of thioether (sulfide) groups is 1. The van der Waals surface area contributed by atoms with Gasteiger partial charge in [-0.3, -0.25) is 9.89 Å². The van der Waals surface area contributed by atoms with Gasteiger partial charge in [-0.2, -0.15) is 5.10 Å². The highest BCUT2D eigenvalue weighted by molar-refractivity contribution is 8.01. The molecule has 4 nitrogen and oxygen atoms in total. The smallest absolute Gasteiger partial charge is 0.316 e. The number of hydrogen-bond acceptors (Lipinski definition) is 6. The summed E-state index contributed by atoms with van der Waals surface area (Å²) in [5, 5.41) is 6.42. The van der Waals surface area contributed by atoms with E-state index in [-0.39, 0.29) is 56.9 Å². The quantitative estimate of drug-likeness (QED) is 0.321. The number of aromatic nitrogens is 2. The Kier molecular flexibility index (Phi) is 49.7. The standard InChI is InChI=1S/C6H7FN2O2S3.C3H7F.6CH4/c7-1-2-11-4(10)3-13-6-9-8-5(12)14-6;1-3(2)4;;;;;;/h1-3H2,(H,8,12);3H,1-2H3;6*1H4. The average molecular weight is 413 g/mol. The molecule has 0 aliphatic rings. The Morgan fingerprint density at radius 3 is 2.08 bits per heavy atom. The Bertz CT molecular complexity index is 397. The van der Waals surface area contributed by atoms with E-state index in [2.05, 4.69) is 14.9 Å². The predicted molar refractivity (Wildman–Crippen MR) is 112 cm³/mol. The maximum atomic E-state index is 11.6. The van der Waals surface area contributed by atoms with Crippen molar-refractivity contribution in [3.05, 3.63) is 3.95 Å². The molecule has 0 saturated carbocycles. The second kappa shape index (κ2) is 27.3. The summed E-state index contributed by atoms with van der Waals surface area (Å²) in [6, 6.07) is 0. The minimum atomic E-state index is -0.667. The molecule has 0 aromatic carbocycles. The van der Waals surface area contributed by atoms with E-state index in [0.29, 0.717) is 8.29 Å². The second-order valence-corrected chi connectivity index (χ2v) is 5.98. The summed E-state index contributed by atoms with van der Waals surface area (Å²) in [4.78, 5) is 10.9. The van der Waals surface area contributed by atoms with Crippen molar-refractivity contribution in [1.29, 1.82) is 0 Å². The van der Waals surface area contributed by atoms with E-state index >= 15 is 0 Å². The fourth-order valence-corrected chi connectivity index (χ4v) is 2.47. The first-order valence-corrected chi connectivity index (χ1v) is 7.20. The van der Waals surface area contributed by atoms with Crippen LogP contribution in [0.3, 0.4) is 0 Å². The molecule has 0 unspecified atom stereocenters. The van der Waals surface area contributed by atoms with Crippen LogP contribution in [-0.2, 0) is 9.53 Å². The van der Waals surface area contributed by atoms with Crippen molar-refractivity contribution in [1.82, 2.24) is 10.2 Å². The van der Waals surface area contributed by atoms with Crippen molar-refractivity contribution in [3.63, 3.8) is 0 Å². The lowest BCUT2D eigenvalue weighted by molar-refractivity contribution is -0.140. The predicted octanol–water partition coefficient (Wildman–Crippen LogP) is 6.99. The molecule has 0 amide bonds. The van der Waals surface area contributed by atoms with Gasteiger partial charge in [0.1, 0.15) is 13.3 Å². The number of halogens is 2. The van der Waals surface area contributed by atoms with Crippen LogP contribution in [0.5, 0.6) is 0 Å². The third-order valence-electron chi connectivity index (χ3n) is 1.07. The molecule has 0 atom stereocenters. The lowest BCUT2D eigenvalue weighted by Gasteiger charge is -1.99. The maximum absolute atomic E-state index is 11.6. The molecular formula is C15H38F2N2O2S3. The largest absolute Gasteiger partial charge is 0.462 e. The number of nitrogens with zero attached hydrogens (tertiary/aromatic N) is 1. The SMILES string of the molecule is C.C.C.C.C.C.CC(C)F.O=C(CSc1n[nH]c(=S)s1)OCCF. The van der Waals surface area contributed by atoms with Crippen molar-refractivity contribution in [2.45, 2.75) is 68.9 Å². The summed E-state index contributed by atoms with van der Waals surface area (Å²) in [5.41, 5.74) is 0. The van der Waals surface area contributed by atoms with E-state index in [4.69, 9.17) is 12.2 Å².